The van der Waals surface area contributed by atoms with Crippen LogP contribution in [-0.2, 0) is 4.79 Å². The van der Waals surface area contributed by atoms with E-state index in [0.29, 0.717) is 16.9 Å². The summed E-state index contributed by atoms with van der Waals surface area (Å²) in [5, 5.41) is 2.63. The Morgan fingerprint density at radius 3 is 2.94 bits per heavy atom. The lowest BCUT2D eigenvalue weighted by molar-refractivity contribution is -0.113. The van der Waals surface area contributed by atoms with Crippen molar-refractivity contribution in [3.05, 3.63) is 47.8 Å². The molecule has 2 aromatic rings. The molecule has 1 N–H and O–H groups in total. The zero-order chi connectivity index (χ0) is 12.7. The highest BCUT2D eigenvalue weighted by atomic mass is 35.5. The van der Waals surface area contributed by atoms with Crippen LogP contribution in [0.4, 0.5) is 5.69 Å². The van der Waals surface area contributed by atoms with E-state index < -0.39 is 0 Å². The number of rotatable bonds is 2. The Balaban J connectivity index is 2.03. The van der Waals surface area contributed by atoms with Crippen LogP contribution in [0.25, 0.3) is 5.69 Å². The maximum Gasteiger partial charge on any atom is 0.239 e. The first-order valence-corrected chi connectivity index (χ1v) is 5.96. The lowest BCUT2D eigenvalue weighted by Crippen LogP contribution is -2.12. The largest absolute Gasteiger partial charge is 0.325 e. The number of benzene rings is 1. The third-order valence-electron chi connectivity index (χ3n) is 2.89. The van der Waals surface area contributed by atoms with E-state index in [1.165, 1.54) is 0 Å². The van der Waals surface area contributed by atoms with E-state index in [-0.39, 0.29) is 17.6 Å². The number of amides is 1. The molecule has 0 unspecified atom stereocenters. The van der Waals surface area contributed by atoms with Crippen LogP contribution in [0.2, 0.25) is 0 Å². The molecule has 1 aromatic carbocycles. The van der Waals surface area contributed by atoms with E-state index in [0.717, 1.165) is 5.69 Å². The molecular formula is C13H9ClN2O2. The molecule has 2 heterocycles. The molecular weight excluding hydrogens is 252 g/mol. The molecule has 0 saturated carbocycles. The quantitative estimate of drug-likeness (QED) is 0.718. The minimum Gasteiger partial charge on any atom is -0.325 e. The van der Waals surface area contributed by atoms with Gasteiger partial charge >= 0.3 is 0 Å². The fourth-order valence-electron chi connectivity index (χ4n) is 2.11. The zero-order valence-electron chi connectivity index (χ0n) is 9.31. The molecule has 0 fully saturated rings. The average Bonchev–Trinajstić information content (AvgIpc) is 2.94. The number of carbonyl (C=O) groups is 2. The number of nitrogens with zero attached hydrogens (tertiary/aromatic N) is 1. The van der Waals surface area contributed by atoms with Crippen molar-refractivity contribution < 1.29 is 9.59 Å². The SMILES string of the molecule is O=C(CCl)Nc1ccc2c(c1)C(=O)c1cccn1-2. The number of anilines is 1. The van der Waals surface area contributed by atoms with Crippen LogP contribution >= 0.6 is 11.6 Å². The summed E-state index contributed by atoms with van der Waals surface area (Å²) in [6.45, 7) is 0. The van der Waals surface area contributed by atoms with E-state index in [2.05, 4.69) is 5.32 Å². The van der Waals surface area contributed by atoms with Crippen molar-refractivity contribution in [1.82, 2.24) is 4.57 Å². The molecule has 0 spiro atoms. The van der Waals surface area contributed by atoms with E-state index >= 15 is 0 Å². The van der Waals surface area contributed by atoms with Gasteiger partial charge in [0.2, 0.25) is 11.7 Å². The molecule has 5 heteroatoms. The lowest BCUT2D eigenvalue weighted by Gasteiger charge is -2.05. The minimum absolute atomic E-state index is 0.0306. The third-order valence-corrected chi connectivity index (χ3v) is 3.13. The first-order chi connectivity index (χ1) is 8.70. The van der Waals surface area contributed by atoms with E-state index in [9.17, 15) is 9.59 Å². The van der Waals surface area contributed by atoms with E-state index in [1.807, 2.05) is 22.9 Å². The molecule has 1 aliphatic heterocycles. The molecule has 3 rings (SSSR count). The number of aromatic nitrogens is 1. The average molecular weight is 261 g/mol. The van der Waals surface area contributed by atoms with Crippen molar-refractivity contribution in [2.24, 2.45) is 0 Å². The van der Waals surface area contributed by atoms with Gasteiger partial charge in [-0.1, -0.05) is 0 Å². The van der Waals surface area contributed by atoms with Crippen molar-refractivity contribution in [2.75, 3.05) is 11.2 Å². The number of carbonyl (C=O) groups excluding carboxylic acids is 2. The number of ketones is 1. The number of fused-ring (bicyclic) bond motifs is 3. The predicted octanol–water partition coefficient (Wildman–Crippen LogP) is 2.20. The van der Waals surface area contributed by atoms with Gasteiger partial charge in [-0.25, -0.2) is 0 Å². The van der Waals surface area contributed by atoms with Crippen molar-refractivity contribution in [2.45, 2.75) is 0 Å². The predicted molar refractivity (Wildman–Crippen MR) is 68.6 cm³/mol. The van der Waals surface area contributed by atoms with Gasteiger partial charge in [-0.05, 0) is 30.3 Å². The maximum atomic E-state index is 12.1. The Morgan fingerprint density at radius 1 is 1.33 bits per heavy atom. The second-order valence-corrected chi connectivity index (χ2v) is 4.27. The molecule has 0 bridgehead atoms. The number of nitrogens with one attached hydrogen (secondary N) is 1. The summed E-state index contributed by atoms with van der Waals surface area (Å²) in [7, 11) is 0. The topological polar surface area (TPSA) is 51.1 Å². The zero-order valence-corrected chi connectivity index (χ0v) is 10.1. The standard InChI is InChI=1S/C13H9ClN2O2/c14-7-12(17)15-8-3-4-10-9(6-8)13(18)11-2-1-5-16(10)11/h1-6H,7H2,(H,15,17). The second-order valence-electron chi connectivity index (χ2n) is 4.01. The summed E-state index contributed by atoms with van der Waals surface area (Å²) >= 11 is 5.42. The normalized spacial score (nSPS) is 12.2. The van der Waals surface area contributed by atoms with Gasteiger partial charge in [0.15, 0.2) is 0 Å². The summed E-state index contributed by atoms with van der Waals surface area (Å²) in [4.78, 5) is 23.3. The van der Waals surface area contributed by atoms with Gasteiger partial charge in [-0.15, -0.1) is 11.6 Å². The monoisotopic (exact) mass is 260 g/mol. The van der Waals surface area contributed by atoms with Crippen LogP contribution in [0, 0.1) is 0 Å². The van der Waals surface area contributed by atoms with Crippen LogP contribution in [-0.4, -0.2) is 22.1 Å². The minimum atomic E-state index is -0.290. The number of alkyl halides is 1. The Labute approximate surface area is 108 Å². The van der Waals surface area contributed by atoms with Gasteiger partial charge in [0, 0.05) is 11.9 Å². The van der Waals surface area contributed by atoms with Crippen LogP contribution < -0.4 is 5.32 Å². The number of hydrogen-bond acceptors (Lipinski definition) is 2. The molecule has 0 aliphatic carbocycles. The van der Waals surface area contributed by atoms with Crippen LogP contribution in [0.1, 0.15) is 16.1 Å². The molecule has 4 nitrogen and oxygen atoms in total. The Hall–Kier alpha value is -2.07. The molecule has 18 heavy (non-hydrogen) atoms. The Kier molecular flexibility index (Phi) is 2.45. The van der Waals surface area contributed by atoms with Crippen molar-refractivity contribution in [3.8, 4) is 5.69 Å². The van der Waals surface area contributed by atoms with Gasteiger partial charge in [0.05, 0.1) is 16.9 Å². The van der Waals surface area contributed by atoms with Gasteiger partial charge in [0.25, 0.3) is 0 Å². The fraction of sp³-hybridized carbons (Fsp3) is 0.0769. The summed E-state index contributed by atoms with van der Waals surface area (Å²) in [5.74, 6) is -0.427. The van der Waals surface area contributed by atoms with Gasteiger partial charge in [-0.3, -0.25) is 9.59 Å². The van der Waals surface area contributed by atoms with E-state index in [1.54, 1.807) is 18.2 Å². The Morgan fingerprint density at radius 2 is 2.17 bits per heavy atom. The second kappa shape index (κ2) is 3.99. The van der Waals surface area contributed by atoms with Gasteiger partial charge in [0.1, 0.15) is 5.88 Å². The first-order valence-electron chi connectivity index (χ1n) is 5.43. The highest BCUT2D eigenvalue weighted by Gasteiger charge is 2.26. The highest BCUT2D eigenvalue weighted by molar-refractivity contribution is 6.29. The molecule has 0 radical (unpaired) electrons. The van der Waals surface area contributed by atoms with Gasteiger partial charge < -0.3 is 9.88 Å². The molecule has 1 aliphatic rings. The van der Waals surface area contributed by atoms with Crippen molar-refractivity contribution >= 4 is 29.0 Å². The summed E-state index contributed by atoms with van der Waals surface area (Å²) in [6, 6.07) is 8.85. The molecule has 1 aromatic heterocycles. The van der Waals surface area contributed by atoms with Crippen LogP contribution in [0.3, 0.4) is 0 Å². The van der Waals surface area contributed by atoms with Crippen LogP contribution in [0.15, 0.2) is 36.5 Å². The molecule has 90 valence electrons. The molecule has 0 atom stereocenters. The Bertz CT molecular complexity index is 661. The van der Waals surface area contributed by atoms with Crippen molar-refractivity contribution in [1.29, 1.82) is 0 Å². The number of halogens is 1. The van der Waals surface area contributed by atoms with Gasteiger partial charge in [-0.2, -0.15) is 0 Å². The molecule has 1 amide bonds. The summed E-state index contributed by atoms with van der Waals surface area (Å²) < 4.78 is 1.84. The van der Waals surface area contributed by atoms with Crippen molar-refractivity contribution in [3.63, 3.8) is 0 Å². The maximum absolute atomic E-state index is 12.1. The highest BCUT2D eigenvalue weighted by Crippen LogP contribution is 2.30. The summed E-state index contributed by atoms with van der Waals surface area (Å²) in [6.07, 6.45) is 1.84. The van der Waals surface area contributed by atoms with E-state index in [4.69, 9.17) is 11.6 Å². The third kappa shape index (κ3) is 1.54. The molecule has 0 saturated heterocycles. The lowest BCUT2D eigenvalue weighted by atomic mass is 10.1. The van der Waals surface area contributed by atoms with Crippen LogP contribution in [0.5, 0.6) is 0 Å². The fourth-order valence-corrected chi connectivity index (χ4v) is 2.18. The number of hydrogen-bond donors (Lipinski definition) is 1. The smallest absolute Gasteiger partial charge is 0.239 e. The summed E-state index contributed by atoms with van der Waals surface area (Å²) in [5.41, 5.74) is 2.66. The first kappa shape index (κ1) is 11.0.